The number of amides is 1. The molecule has 1 fully saturated rings. The molecule has 0 N–H and O–H groups in total. The van der Waals surface area contributed by atoms with Gasteiger partial charge in [0.1, 0.15) is 0 Å². The maximum Gasteiger partial charge on any atom is 0.357 e. The number of carbonyl (C=O) groups excluding carboxylic acids is 3. The molecule has 0 radical (unpaired) electrons. The van der Waals surface area contributed by atoms with Gasteiger partial charge in [-0.2, -0.15) is 0 Å². The van der Waals surface area contributed by atoms with Crippen molar-refractivity contribution in [1.82, 2.24) is 4.68 Å². The summed E-state index contributed by atoms with van der Waals surface area (Å²) in [5.41, 5.74) is 3.21. The zero-order chi connectivity index (χ0) is 25.7. The van der Waals surface area contributed by atoms with Gasteiger partial charge in [-0.1, -0.05) is 43.8 Å². The first kappa shape index (κ1) is 26.2. The molecule has 0 aliphatic carbocycles. The van der Waals surface area contributed by atoms with Gasteiger partial charge in [0.05, 0.1) is 26.4 Å². The van der Waals surface area contributed by atoms with Crippen LogP contribution in [-0.4, -0.2) is 42.3 Å². The summed E-state index contributed by atoms with van der Waals surface area (Å²) in [5, 5.41) is 1.44. The summed E-state index contributed by atoms with van der Waals surface area (Å²) in [6.07, 6.45) is 1.82. The molecule has 0 spiro atoms. The van der Waals surface area contributed by atoms with E-state index >= 15 is 0 Å². The molecular weight excluding hydrogens is 448 g/mol. The molecule has 0 bridgehead atoms. The van der Waals surface area contributed by atoms with Gasteiger partial charge in [-0.25, -0.2) is 14.5 Å². The first-order valence-electron chi connectivity index (χ1n) is 11.8. The van der Waals surface area contributed by atoms with Crippen LogP contribution in [0.15, 0.2) is 48.8 Å². The van der Waals surface area contributed by atoms with Crippen LogP contribution in [-0.2, 0) is 36.8 Å². The lowest BCUT2D eigenvalue weighted by Gasteiger charge is -2.26. The standard InChI is InChI=1S/C27H34N2O6/c1-7-34-27(32)25-22(13-14-23(30)33-6)17(2)15-28(25)29-19(4)24(18(3)26(29)31)20(5)35-16-21-11-9-8-10-12-21/h8-12,15,18,20,24H,4,7,13-14,16H2,1-3,5-6H3/t18-,20?,24-/m1/s1. The summed E-state index contributed by atoms with van der Waals surface area (Å²) >= 11 is 0. The minimum Gasteiger partial charge on any atom is -0.469 e. The van der Waals surface area contributed by atoms with Crippen LogP contribution in [0.5, 0.6) is 0 Å². The highest BCUT2D eigenvalue weighted by atomic mass is 16.5. The molecule has 1 aliphatic heterocycles. The Kier molecular flexibility index (Phi) is 8.51. The molecule has 3 atom stereocenters. The van der Waals surface area contributed by atoms with E-state index in [1.54, 1.807) is 13.1 Å². The van der Waals surface area contributed by atoms with Crippen molar-refractivity contribution in [1.29, 1.82) is 0 Å². The molecule has 35 heavy (non-hydrogen) atoms. The van der Waals surface area contributed by atoms with E-state index < -0.39 is 11.9 Å². The second-order valence-electron chi connectivity index (χ2n) is 8.74. The van der Waals surface area contributed by atoms with Crippen LogP contribution in [0, 0.1) is 18.8 Å². The zero-order valence-electron chi connectivity index (χ0n) is 21.1. The second kappa shape index (κ2) is 11.4. The SMILES string of the molecule is C=C1[C@H](C(C)OCc2ccccc2)[C@@H](C)C(=O)N1n1cc(C)c(CCC(=O)OC)c1C(=O)OCC. The minimum atomic E-state index is -0.564. The molecule has 188 valence electrons. The first-order chi connectivity index (χ1) is 16.7. The monoisotopic (exact) mass is 482 g/mol. The molecule has 1 amide bonds. The fourth-order valence-corrected chi connectivity index (χ4v) is 4.61. The van der Waals surface area contributed by atoms with Gasteiger partial charge < -0.3 is 14.2 Å². The van der Waals surface area contributed by atoms with Gasteiger partial charge in [-0.15, -0.1) is 0 Å². The van der Waals surface area contributed by atoms with Gasteiger partial charge in [0.25, 0.3) is 0 Å². The Balaban J connectivity index is 1.91. The molecule has 8 nitrogen and oxygen atoms in total. The van der Waals surface area contributed by atoms with E-state index in [1.165, 1.54) is 16.8 Å². The van der Waals surface area contributed by atoms with Crippen LogP contribution in [0.2, 0.25) is 0 Å². The summed E-state index contributed by atoms with van der Waals surface area (Å²) in [5.74, 6) is -1.81. The largest absolute Gasteiger partial charge is 0.469 e. The number of aromatic nitrogens is 1. The van der Waals surface area contributed by atoms with E-state index in [2.05, 4.69) is 6.58 Å². The smallest absolute Gasteiger partial charge is 0.357 e. The lowest BCUT2D eigenvalue weighted by molar-refractivity contribution is -0.140. The highest BCUT2D eigenvalue weighted by Crippen LogP contribution is 2.37. The second-order valence-corrected chi connectivity index (χ2v) is 8.74. The Hall–Kier alpha value is -3.39. The number of hydrogen-bond acceptors (Lipinski definition) is 6. The maximum absolute atomic E-state index is 13.4. The number of methoxy groups -OCH3 is 1. The van der Waals surface area contributed by atoms with Gasteiger partial charge in [0.15, 0.2) is 5.69 Å². The van der Waals surface area contributed by atoms with E-state index in [-0.39, 0.29) is 49.0 Å². The van der Waals surface area contributed by atoms with Gasteiger partial charge in [0.2, 0.25) is 5.91 Å². The van der Waals surface area contributed by atoms with E-state index in [0.29, 0.717) is 17.9 Å². The van der Waals surface area contributed by atoms with Gasteiger partial charge in [-0.3, -0.25) is 9.59 Å². The van der Waals surface area contributed by atoms with E-state index in [1.807, 2.05) is 51.1 Å². The normalized spacial score (nSPS) is 18.6. The Morgan fingerprint density at radius 3 is 2.51 bits per heavy atom. The zero-order valence-corrected chi connectivity index (χ0v) is 21.1. The summed E-state index contributed by atoms with van der Waals surface area (Å²) in [4.78, 5) is 38.2. The van der Waals surface area contributed by atoms with Gasteiger partial charge >= 0.3 is 11.9 Å². The molecular formula is C27H34N2O6. The highest BCUT2D eigenvalue weighted by molar-refractivity contribution is 5.97. The number of benzene rings is 1. The summed E-state index contributed by atoms with van der Waals surface area (Å²) in [6.45, 7) is 12.1. The van der Waals surface area contributed by atoms with Crippen LogP contribution in [0.4, 0.5) is 0 Å². The topological polar surface area (TPSA) is 87.1 Å². The summed E-state index contributed by atoms with van der Waals surface area (Å²) in [7, 11) is 1.32. The van der Waals surface area contributed by atoms with Gasteiger partial charge in [0, 0.05) is 30.2 Å². The third-order valence-corrected chi connectivity index (χ3v) is 6.45. The van der Waals surface area contributed by atoms with Crippen molar-refractivity contribution in [2.45, 2.75) is 53.2 Å². The summed E-state index contributed by atoms with van der Waals surface area (Å²) < 4.78 is 17.7. The molecule has 8 heteroatoms. The van der Waals surface area contributed by atoms with Crippen molar-refractivity contribution in [2.24, 2.45) is 11.8 Å². The molecule has 1 aliphatic rings. The lowest BCUT2D eigenvalue weighted by atomic mass is 9.90. The summed E-state index contributed by atoms with van der Waals surface area (Å²) in [6, 6.07) is 9.83. The fourth-order valence-electron chi connectivity index (χ4n) is 4.61. The van der Waals surface area contributed by atoms with Crippen LogP contribution in [0.25, 0.3) is 0 Å². The predicted octanol–water partition coefficient (Wildman–Crippen LogP) is 3.93. The molecule has 3 rings (SSSR count). The lowest BCUT2D eigenvalue weighted by Crippen LogP contribution is -2.37. The molecule has 1 saturated heterocycles. The third-order valence-electron chi connectivity index (χ3n) is 6.45. The first-order valence-corrected chi connectivity index (χ1v) is 11.8. The Morgan fingerprint density at radius 2 is 1.89 bits per heavy atom. The van der Waals surface area contributed by atoms with Crippen molar-refractivity contribution in [3.05, 3.63) is 71.2 Å². The number of nitrogens with zero attached hydrogens (tertiary/aromatic N) is 2. The predicted molar refractivity (Wildman–Crippen MR) is 131 cm³/mol. The van der Waals surface area contributed by atoms with E-state index in [4.69, 9.17) is 14.2 Å². The number of esters is 2. The fraction of sp³-hybridized carbons (Fsp3) is 0.444. The maximum atomic E-state index is 13.4. The van der Waals surface area contributed by atoms with Crippen LogP contribution >= 0.6 is 0 Å². The van der Waals surface area contributed by atoms with Crippen molar-refractivity contribution in [3.8, 4) is 0 Å². The number of carbonyl (C=O) groups is 3. The Labute approximate surface area is 206 Å². The van der Waals surface area contributed by atoms with Crippen LogP contribution in [0.1, 0.15) is 54.4 Å². The average molecular weight is 483 g/mol. The molecule has 2 aromatic rings. The molecule has 1 unspecified atom stereocenters. The Bertz CT molecular complexity index is 1090. The number of ether oxygens (including phenoxy) is 3. The number of aryl methyl sites for hydroxylation is 1. The quantitative estimate of drug-likeness (QED) is 0.477. The minimum absolute atomic E-state index is 0.103. The Morgan fingerprint density at radius 1 is 1.20 bits per heavy atom. The average Bonchev–Trinajstić information content (AvgIpc) is 3.28. The number of rotatable bonds is 10. The van der Waals surface area contributed by atoms with Crippen molar-refractivity contribution >= 4 is 17.8 Å². The van der Waals surface area contributed by atoms with E-state index in [0.717, 1.165) is 11.1 Å². The third kappa shape index (κ3) is 5.48. The molecule has 1 aromatic heterocycles. The molecule has 1 aromatic carbocycles. The van der Waals surface area contributed by atoms with Crippen LogP contribution < -0.4 is 5.01 Å². The number of hydrogen-bond donors (Lipinski definition) is 0. The van der Waals surface area contributed by atoms with Crippen LogP contribution in [0.3, 0.4) is 0 Å². The van der Waals surface area contributed by atoms with Crippen molar-refractivity contribution in [2.75, 3.05) is 18.7 Å². The van der Waals surface area contributed by atoms with Gasteiger partial charge in [-0.05, 0) is 43.9 Å². The molecule has 2 heterocycles. The molecule has 0 saturated carbocycles. The highest BCUT2D eigenvalue weighted by Gasteiger charge is 2.46. The van der Waals surface area contributed by atoms with E-state index in [9.17, 15) is 14.4 Å². The van der Waals surface area contributed by atoms with Crippen molar-refractivity contribution in [3.63, 3.8) is 0 Å². The van der Waals surface area contributed by atoms with Crippen molar-refractivity contribution < 1.29 is 28.6 Å².